The van der Waals surface area contributed by atoms with E-state index in [2.05, 4.69) is 5.32 Å². The van der Waals surface area contributed by atoms with Crippen molar-refractivity contribution in [2.24, 2.45) is 0 Å². The van der Waals surface area contributed by atoms with Crippen LogP contribution in [0.25, 0.3) is 0 Å². The number of rotatable bonds is 7. The summed E-state index contributed by atoms with van der Waals surface area (Å²) in [7, 11) is -2.40. The first kappa shape index (κ1) is 22.4. The molecule has 0 aliphatic heterocycles. The van der Waals surface area contributed by atoms with E-state index in [0.717, 1.165) is 21.7 Å². The molecule has 0 fully saturated rings. The highest BCUT2D eigenvalue weighted by Gasteiger charge is 2.21. The largest absolute Gasteiger partial charge is 0.465 e. The van der Waals surface area contributed by atoms with Gasteiger partial charge in [0.1, 0.15) is 6.54 Å². The van der Waals surface area contributed by atoms with Crippen LogP contribution in [-0.2, 0) is 19.6 Å². The maximum Gasteiger partial charge on any atom is 0.337 e. The van der Waals surface area contributed by atoms with E-state index in [-0.39, 0.29) is 12.1 Å². The van der Waals surface area contributed by atoms with Gasteiger partial charge in [-0.05, 0) is 48.2 Å². The van der Waals surface area contributed by atoms with Crippen molar-refractivity contribution in [1.29, 1.82) is 0 Å². The highest BCUT2D eigenvalue weighted by molar-refractivity contribution is 7.92. The van der Waals surface area contributed by atoms with Crippen LogP contribution in [0.5, 0.6) is 0 Å². The van der Waals surface area contributed by atoms with E-state index in [1.165, 1.54) is 13.2 Å². The number of hydrogen-bond acceptors (Lipinski definition) is 5. The smallest absolute Gasteiger partial charge is 0.337 e. The molecule has 2 rings (SSSR count). The number of nitrogens with one attached hydrogen (secondary N) is 1. The second-order valence-corrected chi connectivity index (χ2v) is 8.99. The van der Waals surface area contributed by atoms with Gasteiger partial charge in [-0.25, -0.2) is 13.2 Å². The minimum atomic E-state index is -3.68. The third kappa shape index (κ3) is 5.80. The van der Waals surface area contributed by atoms with Crippen LogP contribution in [0.2, 0.25) is 0 Å². The number of carbonyl (C=O) groups excluding carboxylic acids is 2. The number of benzene rings is 2. The molecule has 156 valence electrons. The van der Waals surface area contributed by atoms with Gasteiger partial charge in [-0.1, -0.05) is 32.0 Å². The number of esters is 1. The number of aryl methyl sites for hydroxylation is 1. The average molecular weight is 419 g/mol. The molecule has 0 aliphatic rings. The van der Waals surface area contributed by atoms with Crippen LogP contribution in [-0.4, -0.2) is 40.2 Å². The predicted octanol–water partition coefficient (Wildman–Crippen LogP) is 3.31. The molecule has 0 aliphatic carbocycles. The highest BCUT2D eigenvalue weighted by Crippen LogP contribution is 2.23. The summed E-state index contributed by atoms with van der Waals surface area (Å²) in [6.07, 6.45) is 1.06. The van der Waals surface area contributed by atoms with Crippen LogP contribution in [0.1, 0.15) is 41.3 Å². The van der Waals surface area contributed by atoms with E-state index < -0.39 is 21.9 Å². The summed E-state index contributed by atoms with van der Waals surface area (Å²) < 4.78 is 30.3. The number of hydrogen-bond donors (Lipinski definition) is 1. The molecular weight excluding hydrogens is 392 g/mol. The zero-order valence-corrected chi connectivity index (χ0v) is 18.0. The lowest BCUT2D eigenvalue weighted by atomic mass is 10.0. The summed E-state index contributed by atoms with van der Waals surface area (Å²) in [6, 6.07) is 11.8. The number of amides is 1. The molecule has 0 unspecified atom stereocenters. The molecule has 0 saturated heterocycles. The van der Waals surface area contributed by atoms with Crippen molar-refractivity contribution in [3.8, 4) is 0 Å². The number of anilines is 2. The minimum absolute atomic E-state index is 0.289. The Morgan fingerprint density at radius 2 is 1.72 bits per heavy atom. The Kier molecular flexibility index (Phi) is 7.02. The van der Waals surface area contributed by atoms with Crippen LogP contribution in [0.3, 0.4) is 0 Å². The molecule has 7 nitrogen and oxygen atoms in total. The maximum atomic E-state index is 12.6. The predicted molar refractivity (Wildman–Crippen MR) is 114 cm³/mol. The third-order valence-corrected chi connectivity index (χ3v) is 5.61. The fourth-order valence-electron chi connectivity index (χ4n) is 2.75. The molecule has 8 heteroatoms. The molecule has 0 atom stereocenters. The van der Waals surface area contributed by atoms with Crippen molar-refractivity contribution in [2.45, 2.75) is 26.7 Å². The second-order valence-electron chi connectivity index (χ2n) is 7.09. The first-order valence-electron chi connectivity index (χ1n) is 9.09. The van der Waals surface area contributed by atoms with Gasteiger partial charge in [0, 0.05) is 5.69 Å². The molecule has 0 bridgehead atoms. The Labute approximate surface area is 171 Å². The van der Waals surface area contributed by atoms with Crippen molar-refractivity contribution >= 4 is 33.3 Å². The Morgan fingerprint density at radius 3 is 2.24 bits per heavy atom. The van der Waals surface area contributed by atoms with Gasteiger partial charge in [-0.15, -0.1) is 0 Å². The van der Waals surface area contributed by atoms with Crippen LogP contribution in [0.15, 0.2) is 42.5 Å². The van der Waals surface area contributed by atoms with Gasteiger partial charge in [0.25, 0.3) is 0 Å². The fraction of sp³-hybridized carbons (Fsp3) is 0.333. The monoisotopic (exact) mass is 418 g/mol. The summed E-state index contributed by atoms with van der Waals surface area (Å²) >= 11 is 0. The molecule has 1 N–H and O–H groups in total. The zero-order valence-electron chi connectivity index (χ0n) is 17.2. The van der Waals surface area contributed by atoms with E-state index in [4.69, 9.17) is 4.74 Å². The summed E-state index contributed by atoms with van der Waals surface area (Å²) in [6.45, 7) is 5.47. The quantitative estimate of drug-likeness (QED) is 0.697. The minimum Gasteiger partial charge on any atom is -0.465 e. The van der Waals surface area contributed by atoms with Crippen molar-refractivity contribution in [3.05, 3.63) is 59.2 Å². The molecule has 0 saturated carbocycles. The number of ether oxygens (including phenoxy) is 1. The van der Waals surface area contributed by atoms with Crippen LogP contribution >= 0.6 is 0 Å². The van der Waals surface area contributed by atoms with E-state index in [1.54, 1.807) is 31.2 Å². The summed E-state index contributed by atoms with van der Waals surface area (Å²) in [5.41, 5.74) is 2.92. The van der Waals surface area contributed by atoms with E-state index in [9.17, 15) is 18.0 Å². The number of methoxy groups -OCH3 is 1. The van der Waals surface area contributed by atoms with Crippen molar-refractivity contribution in [2.75, 3.05) is 29.5 Å². The lowest BCUT2D eigenvalue weighted by Gasteiger charge is -2.22. The normalized spacial score (nSPS) is 11.2. The molecule has 1 amide bonds. The van der Waals surface area contributed by atoms with Crippen LogP contribution < -0.4 is 9.62 Å². The number of carbonyl (C=O) groups is 2. The van der Waals surface area contributed by atoms with Crippen LogP contribution in [0.4, 0.5) is 11.4 Å². The Hall–Kier alpha value is -2.87. The first-order valence-corrected chi connectivity index (χ1v) is 10.9. The summed E-state index contributed by atoms with van der Waals surface area (Å²) in [5, 5.41) is 2.68. The molecular formula is C21H26N2O5S. The van der Waals surface area contributed by atoms with Gasteiger partial charge in [0.15, 0.2) is 0 Å². The van der Waals surface area contributed by atoms with Gasteiger partial charge < -0.3 is 10.1 Å². The molecule has 2 aromatic carbocycles. The summed E-state index contributed by atoms with van der Waals surface area (Å²) in [4.78, 5) is 24.3. The fourth-order valence-corrected chi connectivity index (χ4v) is 3.60. The second kappa shape index (κ2) is 9.09. The number of nitrogens with zero attached hydrogens (tertiary/aromatic N) is 1. The molecule has 2 aromatic rings. The SMILES string of the molecule is COC(=O)c1ccc(C)c(NC(=O)CN(c2ccc(C(C)C)cc2)S(C)(=O)=O)c1. The Balaban J connectivity index is 2.24. The Morgan fingerprint density at radius 1 is 1.10 bits per heavy atom. The molecule has 29 heavy (non-hydrogen) atoms. The molecule has 0 aromatic heterocycles. The molecule has 0 spiro atoms. The van der Waals surface area contributed by atoms with Crippen molar-refractivity contribution < 1.29 is 22.7 Å². The van der Waals surface area contributed by atoms with Gasteiger partial charge in [-0.2, -0.15) is 0 Å². The lowest BCUT2D eigenvalue weighted by molar-refractivity contribution is -0.114. The Bertz CT molecular complexity index is 998. The number of sulfonamides is 1. The lowest BCUT2D eigenvalue weighted by Crippen LogP contribution is -2.37. The maximum absolute atomic E-state index is 12.6. The highest BCUT2D eigenvalue weighted by atomic mass is 32.2. The van der Waals surface area contributed by atoms with Crippen molar-refractivity contribution in [1.82, 2.24) is 0 Å². The molecule has 0 radical (unpaired) electrons. The van der Waals surface area contributed by atoms with Crippen molar-refractivity contribution in [3.63, 3.8) is 0 Å². The standard InChI is InChI=1S/C21H26N2O5S/c1-14(2)16-8-10-18(11-9-16)23(29(5,26)27)13-20(24)22-19-12-17(21(25)28-4)7-6-15(19)3/h6-12,14H,13H2,1-5H3,(H,22,24). The van der Waals surface area contributed by atoms with Gasteiger partial charge in [-0.3, -0.25) is 9.10 Å². The van der Waals surface area contributed by atoms with Gasteiger partial charge >= 0.3 is 5.97 Å². The third-order valence-electron chi connectivity index (χ3n) is 4.47. The summed E-state index contributed by atoms with van der Waals surface area (Å²) in [5.74, 6) is -0.735. The average Bonchev–Trinajstić information content (AvgIpc) is 2.66. The van der Waals surface area contributed by atoms with E-state index in [1.807, 2.05) is 26.0 Å². The molecule has 0 heterocycles. The van der Waals surface area contributed by atoms with Gasteiger partial charge in [0.2, 0.25) is 15.9 Å². The topological polar surface area (TPSA) is 92.8 Å². The first-order chi connectivity index (χ1) is 13.5. The van der Waals surface area contributed by atoms with E-state index >= 15 is 0 Å². The van der Waals surface area contributed by atoms with Gasteiger partial charge in [0.05, 0.1) is 24.6 Å². The van der Waals surface area contributed by atoms with E-state index in [0.29, 0.717) is 17.3 Å². The zero-order chi connectivity index (χ0) is 21.8. The van der Waals surface area contributed by atoms with Crippen LogP contribution in [0, 0.1) is 6.92 Å².